The van der Waals surface area contributed by atoms with Crippen molar-refractivity contribution in [3.05, 3.63) is 0 Å². The highest BCUT2D eigenvalue weighted by Gasteiger charge is 2.53. The van der Waals surface area contributed by atoms with Crippen LogP contribution in [0.4, 0.5) is 4.79 Å². The molecular weight excluding hydrogens is 320 g/mol. The summed E-state index contributed by atoms with van der Waals surface area (Å²) in [4.78, 5) is 43.4. The van der Waals surface area contributed by atoms with E-state index in [1.165, 1.54) is 6.42 Å². The summed E-state index contributed by atoms with van der Waals surface area (Å²) < 4.78 is 0. The van der Waals surface area contributed by atoms with Crippen LogP contribution >= 0.6 is 0 Å². The van der Waals surface area contributed by atoms with E-state index >= 15 is 0 Å². The zero-order chi connectivity index (χ0) is 17.6. The fraction of sp³-hybridized carbons (Fsp3) is 0.833. The quantitative estimate of drug-likeness (QED) is 0.771. The first-order chi connectivity index (χ1) is 12.0. The molecular formula is C18H28N4O3. The van der Waals surface area contributed by atoms with Crippen molar-refractivity contribution in [3.8, 4) is 0 Å². The van der Waals surface area contributed by atoms with E-state index in [1.807, 2.05) is 4.90 Å². The highest BCUT2D eigenvalue weighted by atomic mass is 16.2. The number of nitrogens with one attached hydrogen (secondary N) is 1. The molecule has 7 nitrogen and oxygen atoms in total. The topological polar surface area (TPSA) is 73.0 Å². The summed E-state index contributed by atoms with van der Waals surface area (Å²) in [5.74, 6) is -0.279. The van der Waals surface area contributed by atoms with E-state index in [-0.39, 0.29) is 24.4 Å². The van der Waals surface area contributed by atoms with Crippen LogP contribution in [0.25, 0.3) is 0 Å². The van der Waals surface area contributed by atoms with Crippen LogP contribution in [-0.4, -0.2) is 76.8 Å². The lowest BCUT2D eigenvalue weighted by Gasteiger charge is -2.33. The summed E-state index contributed by atoms with van der Waals surface area (Å²) in [6.45, 7) is 1.71. The Morgan fingerprint density at radius 1 is 1.08 bits per heavy atom. The molecule has 0 unspecified atom stereocenters. The molecule has 0 aromatic heterocycles. The second kappa shape index (κ2) is 6.27. The lowest BCUT2D eigenvalue weighted by atomic mass is 9.98. The molecule has 3 saturated heterocycles. The minimum Gasteiger partial charge on any atom is -0.337 e. The molecule has 1 saturated carbocycles. The third-order valence-electron chi connectivity index (χ3n) is 6.64. The van der Waals surface area contributed by atoms with Crippen molar-refractivity contribution >= 4 is 17.8 Å². The number of imide groups is 1. The van der Waals surface area contributed by atoms with Gasteiger partial charge in [-0.3, -0.25) is 14.5 Å². The summed E-state index contributed by atoms with van der Waals surface area (Å²) in [5, 5.41) is 2.86. The summed E-state index contributed by atoms with van der Waals surface area (Å²) >= 11 is 0. The Morgan fingerprint density at radius 3 is 2.44 bits per heavy atom. The first-order valence-corrected chi connectivity index (χ1v) is 9.66. The van der Waals surface area contributed by atoms with E-state index in [0.29, 0.717) is 18.9 Å². The van der Waals surface area contributed by atoms with Gasteiger partial charge in [0.15, 0.2) is 0 Å². The predicted molar refractivity (Wildman–Crippen MR) is 91.8 cm³/mol. The van der Waals surface area contributed by atoms with Crippen LogP contribution in [0.15, 0.2) is 0 Å². The van der Waals surface area contributed by atoms with Crippen LogP contribution in [-0.2, 0) is 9.59 Å². The molecule has 1 N–H and O–H groups in total. The van der Waals surface area contributed by atoms with E-state index in [9.17, 15) is 14.4 Å². The number of carbonyl (C=O) groups is 3. The first kappa shape index (κ1) is 16.8. The van der Waals surface area contributed by atoms with Gasteiger partial charge in [0.2, 0.25) is 5.91 Å². The highest BCUT2D eigenvalue weighted by molar-refractivity contribution is 6.09. The van der Waals surface area contributed by atoms with E-state index < -0.39 is 11.6 Å². The minimum absolute atomic E-state index is 0.0821. The van der Waals surface area contributed by atoms with Crippen molar-refractivity contribution in [2.45, 2.75) is 69.0 Å². The van der Waals surface area contributed by atoms with Crippen molar-refractivity contribution in [1.29, 1.82) is 0 Å². The number of likely N-dealkylation sites (tertiary alicyclic amines) is 2. The lowest BCUT2D eigenvalue weighted by Crippen LogP contribution is -2.51. The van der Waals surface area contributed by atoms with Gasteiger partial charge in [-0.15, -0.1) is 0 Å². The van der Waals surface area contributed by atoms with E-state index in [1.54, 1.807) is 0 Å². The second-order valence-electron chi connectivity index (χ2n) is 8.10. The lowest BCUT2D eigenvalue weighted by molar-refractivity contribution is -0.140. The summed E-state index contributed by atoms with van der Waals surface area (Å²) in [7, 11) is 2.12. The average Bonchev–Trinajstić information content (AvgIpc) is 3.33. The van der Waals surface area contributed by atoms with Gasteiger partial charge in [-0.1, -0.05) is 12.8 Å². The normalized spacial score (nSPS) is 32.2. The number of nitrogens with zero attached hydrogens (tertiary/aromatic N) is 3. The Morgan fingerprint density at radius 2 is 1.76 bits per heavy atom. The van der Waals surface area contributed by atoms with Gasteiger partial charge in [0, 0.05) is 18.6 Å². The average molecular weight is 348 g/mol. The zero-order valence-corrected chi connectivity index (χ0v) is 15.0. The molecule has 0 radical (unpaired) electrons. The Kier molecular flexibility index (Phi) is 4.22. The molecule has 0 aromatic carbocycles. The molecule has 0 aromatic rings. The fourth-order valence-corrected chi connectivity index (χ4v) is 5.29. The SMILES string of the molecule is CN1CCC[C@@H]1[C@@H]1CCCN1C(=O)CN1C(=O)NC2(CCCC2)C1=O. The molecule has 0 bridgehead atoms. The third-order valence-corrected chi connectivity index (χ3v) is 6.64. The Labute approximate surface area is 148 Å². The zero-order valence-electron chi connectivity index (χ0n) is 15.0. The number of rotatable bonds is 3. The van der Waals surface area contributed by atoms with Gasteiger partial charge in [-0.05, 0) is 52.1 Å². The van der Waals surface area contributed by atoms with Gasteiger partial charge >= 0.3 is 6.03 Å². The predicted octanol–water partition coefficient (Wildman–Crippen LogP) is 0.936. The van der Waals surface area contributed by atoms with Crippen LogP contribution in [0.2, 0.25) is 0 Å². The molecule has 4 amide bonds. The molecule has 2 atom stereocenters. The number of hydrogen-bond donors (Lipinski definition) is 1. The van der Waals surface area contributed by atoms with Gasteiger partial charge in [0.1, 0.15) is 12.1 Å². The molecule has 4 aliphatic rings. The number of likely N-dealkylation sites (N-methyl/N-ethyl adjacent to an activating group) is 1. The summed E-state index contributed by atoms with van der Waals surface area (Å²) in [5.41, 5.74) is -0.729. The summed E-state index contributed by atoms with van der Waals surface area (Å²) in [6.07, 6.45) is 7.62. The molecule has 4 fully saturated rings. The molecule has 138 valence electrons. The minimum atomic E-state index is -0.729. The van der Waals surface area contributed by atoms with Gasteiger partial charge in [0.25, 0.3) is 5.91 Å². The number of amides is 4. The van der Waals surface area contributed by atoms with Crippen LogP contribution < -0.4 is 5.32 Å². The third kappa shape index (κ3) is 2.72. The van der Waals surface area contributed by atoms with E-state index in [0.717, 1.165) is 50.1 Å². The Hall–Kier alpha value is -1.63. The highest BCUT2D eigenvalue weighted by Crippen LogP contribution is 2.35. The van der Waals surface area contributed by atoms with Crippen molar-refractivity contribution in [1.82, 2.24) is 20.0 Å². The van der Waals surface area contributed by atoms with Crippen LogP contribution in [0.1, 0.15) is 51.4 Å². The van der Waals surface area contributed by atoms with E-state index in [4.69, 9.17) is 0 Å². The molecule has 7 heteroatoms. The Balaban J connectivity index is 1.44. The Bertz CT molecular complexity index is 587. The standard InChI is InChI=1S/C18H28N4O3/c1-20-10-4-6-13(20)14-7-5-11-21(14)15(23)12-22-16(24)18(19-17(22)25)8-2-3-9-18/h13-14H,2-12H2,1H3,(H,19,25)/t13-,14+/m1/s1. The maximum Gasteiger partial charge on any atom is 0.325 e. The second-order valence-corrected chi connectivity index (χ2v) is 8.10. The molecule has 1 spiro atoms. The summed E-state index contributed by atoms with van der Waals surface area (Å²) in [6, 6.07) is 0.242. The number of urea groups is 1. The monoisotopic (exact) mass is 348 g/mol. The van der Waals surface area contributed by atoms with Crippen LogP contribution in [0.3, 0.4) is 0 Å². The van der Waals surface area contributed by atoms with E-state index in [2.05, 4.69) is 17.3 Å². The maximum absolute atomic E-state index is 12.9. The fourth-order valence-electron chi connectivity index (χ4n) is 5.29. The maximum atomic E-state index is 12.9. The molecule has 3 aliphatic heterocycles. The number of carbonyl (C=O) groups excluding carboxylic acids is 3. The largest absolute Gasteiger partial charge is 0.337 e. The first-order valence-electron chi connectivity index (χ1n) is 9.66. The van der Waals surface area contributed by atoms with Crippen molar-refractivity contribution < 1.29 is 14.4 Å². The van der Waals surface area contributed by atoms with Crippen molar-refractivity contribution in [2.24, 2.45) is 0 Å². The van der Waals surface area contributed by atoms with Crippen molar-refractivity contribution in [3.63, 3.8) is 0 Å². The van der Waals surface area contributed by atoms with Gasteiger partial charge in [-0.25, -0.2) is 4.79 Å². The van der Waals surface area contributed by atoms with Crippen LogP contribution in [0, 0.1) is 0 Å². The number of hydrogen-bond acceptors (Lipinski definition) is 4. The molecule has 3 heterocycles. The van der Waals surface area contributed by atoms with Gasteiger partial charge in [-0.2, -0.15) is 0 Å². The van der Waals surface area contributed by atoms with Gasteiger partial charge in [0.05, 0.1) is 0 Å². The smallest absolute Gasteiger partial charge is 0.325 e. The molecule has 1 aliphatic carbocycles. The molecule has 4 rings (SSSR count). The molecule has 25 heavy (non-hydrogen) atoms. The van der Waals surface area contributed by atoms with Gasteiger partial charge < -0.3 is 15.1 Å². The van der Waals surface area contributed by atoms with Crippen molar-refractivity contribution in [2.75, 3.05) is 26.7 Å². The van der Waals surface area contributed by atoms with Crippen LogP contribution in [0.5, 0.6) is 0 Å².